The van der Waals surface area contributed by atoms with Crippen molar-refractivity contribution in [3.05, 3.63) is 23.9 Å². The number of rotatable bonds is 3. The molecule has 0 saturated heterocycles. The van der Waals surface area contributed by atoms with Crippen molar-refractivity contribution in [3.63, 3.8) is 0 Å². The van der Waals surface area contributed by atoms with Crippen molar-refractivity contribution in [2.75, 3.05) is 5.73 Å². The van der Waals surface area contributed by atoms with E-state index in [4.69, 9.17) is 11.5 Å². The minimum absolute atomic E-state index is 0. The summed E-state index contributed by atoms with van der Waals surface area (Å²) in [5.41, 5.74) is 11.5. The highest BCUT2D eigenvalue weighted by Crippen LogP contribution is 2.27. The van der Waals surface area contributed by atoms with E-state index in [9.17, 15) is 13.2 Å². The monoisotopic (exact) mass is 255 g/mol. The van der Waals surface area contributed by atoms with Crippen molar-refractivity contribution >= 4 is 18.2 Å². The standard InChI is InChI=1S/C9H12F3N3.ClH/c10-9(11,12)4-3-7(13)6-2-1-5-15-8(6)14;/h1-2,5,7H,3-4,13H2,(H2,14,15);1H/t7-;/m1./s1. The van der Waals surface area contributed by atoms with Crippen LogP contribution >= 0.6 is 12.4 Å². The molecule has 1 heterocycles. The van der Waals surface area contributed by atoms with Gasteiger partial charge in [-0.1, -0.05) is 6.07 Å². The molecule has 0 bridgehead atoms. The quantitative estimate of drug-likeness (QED) is 0.872. The van der Waals surface area contributed by atoms with Crippen LogP contribution in [0.1, 0.15) is 24.4 Å². The molecule has 16 heavy (non-hydrogen) atoms. The zero-order valence-corrected chi connectivity index (χ0v) is 9.18. The average molecular weight is 256 g/mol. The summed E-state index contributed by atoms with van der Waals surface area (Å²) in [7, 11) is 0. The first-order chi connectivity index (χ1) is 6.90. The second-order valence-electron chi connectivity index (χ2n) is 3.24. The maximum Gasteiger partial charge on any atom is 0.389 e. The van der Waals surface area contributed by atoms with E-state index in [0.717, 1.165) is 0 Å². The number of pyridine rings is 1. The molecule has 1 aromatic heterocycles. The van der Waals surface area contributed by atoms with Gasteiger partial charge >= 0.3 is 6.18 Å². The van der Waals surface area contributed by atoms with Gasteiger partial charge in [0.15, 0.2) is 0 Å². The SMILES string of the molecule is Cl.Nc1ncccc1[C@H](N)CCC(F)(F)F. The Bertz CT molecular complexity index is 330. The molecule has 0 fully saturated rings. The maximum atomic E-state index is 11.9. The fourth-order valence-electron chi connectivity index (χ4n) is 1.22. The van der Waals surface area contributed by atoms with E-state index < -0.39 is 18.6 Å². The third kappa shape index (κ3) is 4.67. The summed E-state index contributed by atoms with van der Waals surface area (Å²) < 4.78 is 35.8. The van der Waals surface area contributed by atoms with Gasteiger partial charge in [0, 0.05) is 24.2 Å². The summed E-state index contributed by atoms with van der Waals surface area (Å²) in [6, 6.07) is 2.46. The van der Waals surface area contributed by atoms with Crippen LogP contribution in [0.4, 0.5) is 19.0 Å². The fraction of sp³-hybridized carbons (Fsp3) is 0.444. The van der Waals surface area contributed by atoms with Crippen LogP contribution in [-0.4, -0.2) is 11.2 Å². The van der Waals surface area contributed by atoms with E-state index in [2.05, 4.69) is 4.98 Å². The van der Waals surface area contributed by atoms with Crippen molar-refractivity contribution in [1.29, 1.82) is 0 Å². The predicted octanol–water partition coefficient (Wildman–Crippen LogP) is 2.43. The highest BCUT2D eigenvalue weighted by Gasteiger charge is 2.28. The van der Waals surface area contributed by atoms with Crippen LogP contribution < -0.4 is 11.5 Å². The zero-order valence-electron chi connectivity index (χ0n) is 8.37. The van der Waals surface area contributed by atoms with Crippen molar-refractivity contribution < 1.29 is 13.2 Å². The van der Waals surface area contributed by atoms with Crippen LogP contribution in [0.15, 0.2) is 18.3 Å². The molecule has 0 aliphatic rings. The van der Waals surface area contributed by atoms with E-state index in [1.807, 2.05) is 0 Å². The Labute approximate surface area is 97.4 Å². The Morgan fingerprint density at radius 2 is 2.00 bits per heavy atom. The minimum atomic E-state index is -4.19. The molecule has 0 amide bonds. The van der Waals surface area contributed by atoms with Crippen molar-refractivity contribution in [1.82, 2.24) is 4.98 Å². The van der Waals surface area contributed by atoms with Gasteiger partial charge in [-0.15, -0.1) is 12.4 Å². The third-order valence-electron chi connectivity index (χ3n) is 2.01. The summed E-state index contributed by atoms with van der Waals surface area (Å²) in [4.78, 5) is 3.76. The van der Waals surface area contributed by atoms with Gasteiger partial charge in [-0.2, -0.15) is 13.2 Å². The first-order valence-electron chi connectivity index (χ1n) is 4.43. The Hall–Kier alpha value is -1.01. The Balaban J connectivity index is 0.00000225. The van der Waals surface area contributed by atoms with Crippen LogP contribution in [0.3, 0.4) is 0 Å². The summed E-state index contributed by atoms with van der Waals surface area (Å²) >= 11 is 0. The normalized spacial score (nSPS) is 13.0. The van der Waals surface area contributed by atoms with Gasteiger partial charge < -0.3 is 11.5 Å². The molecule has 1 aromatic rings. The number of hydrogen-bond donors (Lipinski definition) is 2. The van der Waals surface area contributed by atoms with Crippen molar-refractivity contribution in [3.8, 4) is 0 Å². The van der Waals surface area contributed by atoms with Gasteiger partial charge in [-0.05, 0) is 12.5 Å². The molecular formula is C9H13ClF3N3. The van der Waals surface area contributed by atoms with Crippen molar-refractivity contribution in [2.45, 2.75) is 25.1 Å². The molecule has 0 aromatic carbocycles. The van der Waals surface area contributed by atoms with Gasteiger partial charge in [0.2, 0.25) is 0 Å². The molecule has 0 aliphatic carbocycles. The number of aromatic nitrogens is 1. The predicted molar refractivity (Wildman–Crippen MR) is 58.1 cm³/mol. The maximum absolute atomic E-state index is 11.9. The van der Waals surface area contributed by atoms with Crippen LogP contribution in [0, 0.1) is 0 Å². The lowest BCUT2D eigenvalue weighted by Gasteiger charge is -2.14. The van der Waals surface area contributed by atoms with Crippen LogP contribution in [-0.2, 0) is 0 Å². The molecule has 1 rings (SSSR count). The molecule has 0 saturated carbocycles. The Kier molecular flexibility index (Phi) is 5.53. The van der Waals surface area contributed by atoms with E-state index in [0.29, 0.717) is 5.56 Å². The lowest BCUT2D eigenvalue weighted by Crippen LogP contribution is -2.17. The number of nitrogen functional groups attached to an aromatic ring is 1. The van der Waals surface area contributed by atoms with Gasteiger partial charge in [-0.25, -0.2) is 4.98 Å². The van der Waals surface area contributed by atoms with Crippen LogP contribution in [0.25, 0.3) is 0 Å². The minimum Gasteiger partial charge on any atom is -0.383 e. The number of nitrogens with two attached hydrogens (primary N) is 2. The molecular weight excluding hydrogens is 243 g/mol. The van der Waals surface area contributed by atoms with Crippen LogP contribution in [0.2, 0.25) is 0 Å². The highest BCUT2D eigenvalue weighted by molar-refractivity contribution is 5.85. The van der Waals surface area contributed by atoms with Gasteiger partial charge in [-0.3, -0.25) is 0 Å². The highest BCUT2D eigenvalue weighted by atomic mass is 35.5. The number of alkyl halides is 3. The average Bonchev–Trinajstić information content (AvgIpc) is 2.14. The van der Waals surface area contributed by atoms with Gasteiger partial charge in [0.05, 0.1) is 0 Å². The van der Waals surface area contributed by atoms with Gasteiger partial charge in [0.1, 0.15) is 5.82 Å². The number of halogens is 4. The summed E-state index contributed by atoms with van der Waals surface area (Å²) in [6.07, 6.45) is -3.81. The molecule has 0 radical (unpaired) electrons. The molecule has 1 atom stereocenters. The molecule has 92 valence electrons. The largest absolute Gasteiger partial charge is 0.389 e. The molecule has 7 heteroatoms. The molecule has 3 nitrogen and oxygen atoms in total. The Morgan fingerprint density at radius 3 is 2.50 bits per heavy atom. The third-order valence-corrected chi connectivity index (χ3v) is 2.01. The summed E-state index contributed by atoms with van der Waals surface area (Å²) in [5.74, 6) is 0.187. The molecule has 0 spiro atoms. The van der Waals surface area contributed by atoms with E-state index in [1.165, 1.54) is 6.20 Å². The smallest absolute Gasteiger partial charge is 0.383 e. The second kappa shape index (κ2) is 5.91. The molecule has 0 aliphatic heterocycles. The zero-order chi connectivity index (χ0) is 11.5. The van der Waals surface area contributed by atoms with Crippen molar-refractivity contribution in [2.24, 2.45) is 5.73 Å². The summed E-state index contributed by atoms with van der Waals surface area (Å²) in [5, 5.41) is 0. The second-order valence-corrected chi connectivity index (χ2v) is 3.24. The first-order valence-corrected chi connectivity index (χ1v) is 4.43. The number of nitrogens with zero attached hydrogens (tertiary/aromatic N) is 1. The topological polar surface area (TPSA) is 64.9 Å². The first kappa shape index (κ1) is 15.0. The van der Waals surface area contributed by atoms with E-state index in [1.54, 1.807) is 12.1 Å². The van der Waals surface area contributed by atoms with Gasteiger partial charge in [0.25, 0.3) is 0 Å². The fourth-order valence-corrected chi connectivity index (χ4v) is 1.22. The molecule has 4 N–H and O–H groups in total. The number of hydrogen-bond acceptors (Lipinski definition) is 3. The molecule has 0 unspecified atom stereocenters. The summed E-state index contributed by atoms with van der Waals surface area (Å²) in [6.45, 7) is 0. The lowest BCUT2D eigenvalue weighted by atomic mass is 10.0. The van der Waals surface area contributed by atoms with E-state index in [-0.39, 0.29) is 24.6 Å². The lowest BCUT2D eigenvalue weighted by molar-refractivity contribution is -0.136. The van der Waals surface area contributed by atoms with E-state index >= 15 is 0 Å². The van der Waals surface area contributed by atoms with Crippen LogP contribution in [0.5, 0.6) is 0 Å². The Morgan fingerprint density at radius 1 is 1.38 bits per heavy atom. The number of anilines is 1.